The van der Waals surface area contributed by atoms with E-state index in [9.17, 15) is 4.79 Å². The van der Waals surface area contributed by atoms with Crippen LogP contribution in [-0.2, 0) is 4.79 Å². The van der Waals surface area contributed by atoms with Gasteiger partial charge >= 0.3 is 0 Å². The monoisotopic (exact) mass is 357 g/mol. The molecule has 1 fully saturated rings. The van der Waals surface area contributed by atoms with Crippen molar-refractivity contribution < 1.29 is 4.79 Å². The van der Waals surface area contributed by atoms with Crippen LogP contribution >= 0.6 is 0 Å². The Hall–Kier alpha value is -1.33. The molecule has 1 rings (SSSR count). The van der Waals surface area contributed by atoms with Gasteiger partial charge in [-0.05, 0) is 12.8 Å². The summed E-state index contributed by atoms with van der Waals surface area (Å²) in [6.07, 6.45) is 5.24. The van der Waals surface area contributed by atoms with Crippen LogP contribution < -0.4 is 0 Å². The first kappa shape index (κ1) is 6.67. The zero-order valence-corrected chi connectivity index (χ0v) is 6.94. The van der Waals surface area contributed by atoms with Gasteiger partial charge in [0, 0.05) is 12.8 Å². The average molecular weight is 357 g/mol. The molecular formula is C6H10NoO. The van der Waals surface area contributed by atoms with E-state index in [1.807, 2.05) is 0 Å². The van der Waals surface area contributed by atoms with E-state index >= 15 is 0 Å². The summed E-state index contributed by atoms with van der Waals surface area (Å²) in [7, 11) is 0. The van der Waals surface area contributed by atoms with Gasteiger partial charge in [-0.15, -0.1) is 0 Å². The topological polar surface area (TPSA) is 17.1 Å². The molecule has 1 saturated carbocycles. The van der Waals surface area contributed by atoms with Gasteiger partial charge in [-0.25, -0.2) is 0 Å². The second-order valence-electron chi connectivity index (χ2n) is 2.10. The Bertz CT molecular complexity index is 72.6. The van der Waals surface area contributed by atoms with E-state index in [-0.39, 0.29) is 0 Å². The Morgan fingerprint density at radius 1 is 1.00 bits per heavy atom. The van der Waals surface area contributed by atoms with Crippen LogP contribution in [0.1, 0.15) is 32.1 Å². The molecule has 0 aliphatic heterocycles. The number of carbonyl (C=O) groups excluding carboxylic acids is 1. The fourth-order valence-corrected chi connectivity index (χ4v) is 0.946. The molecule has 0 N–H and O–H groups in total. The third-order valence-corrected chi connectivity index (χ3v) is 1.41. The molecule has 0 aromatic carbocycles. The van der Waals surface area contributed by atoms with Gasteiger partial charge in [-0.3, -0.25) is 4.79 Å². The van der Waals surface area contributed by atoms with Crippen molar-refractivity contribution in [3.63, 3.8) is 0 Å². The predicted molar refractivity (Wildman–Crippen MR) is 28.1 cm³/mol. The van der Waals surface area contributed by atoms with Crippen molar-refractivity contribution in [2.75, 3.05) is 0 Å². The molecule has 0 atom stereocenters. The van der Waals surface area contributed by atoms with Gasteiger partial charge in [0.25, 0.3) is 0 Å². The molecule has 1 aliphatic carbocycles. The molecule has 8 heavy (non-hydrogen) atoms. The SMILES string of the molecule is O=C1CCCCC1.[No]. The summed E-state index contributed by atoms with van der Waals surface area (Å²) in [5, 5.41) is 0. The van der Waals surface area contributed by atoms with Gasteiger partial charge in [0.05, 0.1) is 0 Å². The molecule has 0 heterocycles. The van der Waals surface area contributed by atoms with Crippen LogP contribution in [0.5, 0.6) is 0 Å². The van der Waals surface area contributed by atoms with Gasteiger partial charge in [-0.2, -0.15) is 0 Å². The summed E-state index contributed by atoms with van der Waals surface area (Å²) >= 11 is 0. The Morgan fingerprint density at radius 2 is 1.50 bits per heavy atom. The van der Waals surface area contributed by atoms with Crippen LogP contribution in [0.2, 0.25) is 0 Å². The first-order chi connectivity index (χ1) is 3.39. The molecular weight excluding hydrogens is 347 g/mol. The molecule has 1 aliphatic rings. The molecule has 0 radical (unpaired) electrons. The van der Waals surface area contributed by atoms with E-state index in [4.69, 9.17) is 0 Å². The largest absolute Gasteiger partial charge is 0.300 e. The molecule has 0 saturated heterocycles. The number of rotatable bonds is 0. The molecule has 0 unspecified atom stereocenters. The van der Waals surface area contributed by atoms with E-state index in [1.54, 1.807) is 0 Å². The molecule has 2 heteroatoms. The number of ketones is 1. The quantitative estimate of drug-likeness (QED) is 0.643. The van der Waals surface area contributed by atoms with Crippen molar-refractivity contribution in [2.24, 2.45) is 0 Å². The fraction of sp³-hybridized carbons (Fsp3) is 0.833. The summed E-state index contributed by atoms with van der Waals surface area (Å²) in [5.74, 6) is 0.464. The summed E-state index contributed by atoms with van der Waals surface area (Å²) in [6.45, 7) is 0. The molecule has 1 nitrogen and oxygen atoms in total. The van der Waals surface area contributed by atoms with Crippen LogP contribution in [-0.4, -0.2) is 5.78 Å². The predicted octanol–water partition coefficient (Wildman–Crippen LogP) is 1.52. The van der Waals surface area contributed by atoms with E-state index in [2.05, 4.69) is 0 Å². The van der Waals surface area contributed by atoms with Gasteiger partial charge in [0.2, 0.25) is 0 Å². The summed E-state index contributed by atoms with van der Waals surface area (Å²) < 4.78 is 0. The average Bonchev–Trinajstić information content (AvgIpc) is 1.69. The summed E-state index contributed by atoms with van der Waals surface area (Å²) in [4.78, 5) is 10.5. The normalized spacial score (nSPS) is 19.8. The Balaban J connectivity index is 0.000000490. The molecule has 0 aromatic heterocycles. The van der Waals surface area contributed by atoms with Gasteiger partial charge in [-0.1, -0.05) is 6.42 Å². The summed E-state index contributed by atoms with van der Waals surface area (Å²) in [6, 6.07) is 0. The van der Waals surface area contributed by atoms with Gasteiger partial charge in [0.1, 0.15) is 5.78 Å². The maximum absolute atomic E-state index is 10.5. The Kier molecular flexibility index (Phi) is 2.32. The zero-order chi connectivity index (χ0) is 5.11. The van der Waals surface area contributed by atoms with Crippen molar-refractivity contribution in [3.05, 3.63) is 0 Å². The molecule has 0 aromatic rings. The third kappa shape index (κ3) is 1.41. The number of hydrogen-bond acceptors (Lipinski definition) is 1. The zero-order valence-electron chi connectivity index (χ0n) is 4.71. The van der Waals surface area contributed by atoms with Crippen LogP contribution in [0.15, 0.2) is 0 Å². The van der Waals surface area contributed by atoms with E-state index < -0.39 is 0 Å². The fourth-order valence-electron chi connectivity index (χ4n) is 0.946. The van der Waals surface area contributed by atoms with Crippen molar-refractivity contribution in [1.82, 2.24) is 0 Å². The molecule has 0 amide bonds. The standard InChI is InChI=1S/C6H10O.No/c7-6-4-2-1-3-5-6;/h1-5H2;. The van der Waals surface area contributed by atoms with Crippen LogP contribution in [0, 0.1) is 0 Å². The van der Waals surface area contributed by atoms with Crippen molar-refractivity contribution in [3.8, 4) is 0 Å². The second kappa shape index (κ2) is 2.78. The molecule has 54 valence electrons. The first-order valence-corrected chi connectivity index (χ1v) is 2.91. The van der Waals surface area contributed by atoms with Crippen LogP contribution in [0.25, 0.3) is 0 Å². The maximum Gasteiger partial charge on any atom is 0.132 e. The number of hydrogen-bond donors (Lipinski definition) is 0. The summed E-state index contributed by atoms with van der Waals surface area (Å²) in [5.41, 5.74) is 0. The van der Waals surface area contributed by atoms with Crippen molar-refractivity contribution in [1.29, 1.82) is 0 Å². The number of Topliss-reactive ketones (excluding diaryl/α,β-unsaturated/α-hetero) is 1. The minimum absolute atomic E-state index is 0. The van der Waals surface area contributed by atoms with Crippen LogP contribution in [0.3, 0.4) is 0 Å². The minimum atomic E-state index is 0. The third-order valence-electron chi connectivity index (χ3n) is 1.41. The molecule has 0 bridgehead atoms. The molecule has 0 spiro atoms. The Morgan fingerprint density at radius 3 is 1.75 bits per heavy atom. The van der Waals surface area contributed by atoms with Crippen LogP contribution in [0.4, 0.5) is 0 Å². The van der Waals surface area contributed by atoms with E-state index in [0.717, 1.165) is 25.7 Å². The maximum atomic E-state index is 10.5. The first-order valence-electron chi connectivity index (χ1n) is 2.91. The van der Waals surface area contributed by atoms with Gasteiger partial charge < -0.3 is 0 Å². The Labute approximate surface area is 43.7 Å². The minimum Gasteiger partial charge on any atom is -0.300 e. The van der Waals surface area contributed by atoms with Crippen molar-refractivity contribution in [2.45, 2.75) is 32.1 Å². The second-order valence-corrected chi connectivity index (χ2v) is 2.10. The smallest absolute Gasteiger partial charge is 0.132 e. The number of carbonyl (C=O) groups is 1. The van der Waals surface area contributed by atoms with Gasteiger partial charge in [0.15, 0.2) is 0 Å². The van der Waals surface area contributed by atoms with E-state index in [1.165, 1.54) is 6.42 Å². The van der Waals surface area contributed by atoms with E-state index in [0.29, 0.717) is 5.78 Å². The van der Waals surface area contributed by atoms with Crippen molar-refractivity contribution >= 4 is 5.78 Å².